The van der Waals surface area contributed by atoms with Crippen molar-refractivity contribution in [2.75, 3.05) is 12.4 Å². The third kappa shape index (κ3) is 3.22. The van der Waals surface area contributed by atoms with Crippen molar-refractivity contribution >= 4 is 34.2 Å². The van der Waals surface area contributed by atoms with Crippen LogP contribution in [0.2, 0.25) is 0 Å². The summed E-state index contributed by atoms with van der Waals surface area (Å²) in [6.07, 6.45) is 6.01. The van der Waals surface area contributed by atoms with Crippen molar-refractivity contribution in [1.82, 2.24) is 9.97 Å². The van der Waals surface area contributed by atoms with Gasteiger partial charge in [-0.1, -0.05) is 0 Å². The quantitative estimate of drug-likeness (QED) is 0.801. The van der Waals surface area contributed by atoms with Gasteiger partial charge in [0.05, 0.1) is 12.7 Å². The minimum atomic E-state index is -1.35. The molecule has 0 saturated carbocycles. The van der Waals surface area contributed by atoms with Crippen molar-refractivity contribution in [1.29, 1.82) is 0 Å². The number of hydrogen-bond donors (Lipinski definition) is 2. The van der Waals surface area contributed by atoms with Crippen LogP contribution in [0.1, 0.15) is 54.6 Å². The number of esters is 1. The molecule has 0 radical (unpaired) electrons. The molecule has 0 spiro atoms. The van der Waals surface area contributed by atoms with Gasteiger partial charge in [-0.05, 0) is 31.2 Å². The smallest absolute Gasteiger partial charge is 0.356 e. The van der Waals surface area contributed by atoms with E-state index in [4.69, 9.17) is 9.84 Å². The van der Waals surface area contributed by atoms with Crippen molar-refractivity contribution < 1.29 is 24.2 Å². The number of thiophene rings is 1. The second-order valence-corrected chi connectivity index (χ2v) is 6.52. The molecule has 0 atom stereocenters. The molecule has 130 valence electrons. The zero-order chi connectivity index (χ0) is 18.0. The Morgan fingerprint density at radius 1 is 1.16 bits per heavy atom. The lowest BCUT2D eigenvalue weighted by Crippen LogP contribution is -2.20. The molecular weight excluding hydrogens is 346 g/mol. The summed E-state index contributed by atoms with van der Waals surface area (Å²) < 4.78 is 4.84. The number of nitrogens with one attached hydrogen (secondary N) is 1. The number of carbonyl (C=O) groups is 3. The average Bonchev–Trinajstić information content (AvgIpc) is 2.98. The summed E-state index contributed by atoms with van der Waals surface area (Å²) >= 11 is 1.31. The number of carbonyl (C=O) groups excluding carboxylic acids is 2. The van der Waals surface area contributed by atoms with E-state index in [1.165, 1.54) is 30.8 Å². The molecule has 3 rings (SSSR count). The van der Waals surface area contributed by atoms with Gasteiger partial charge < -0.3 is 15.2 Å². The summed E-state index contributed by atoms with van der Waals surface area (Å²) in [6, 6.07) is 0. The largest absolute Gasteiger partial charge is 0.476 e. The lowest BCUT2D eigenvalue weighted by atomic mass is 9.95. The third-order valence-corrected chi connectivity index (χ3v) is 5.11. The fourth-order valence-electron chi connectivity index (χ4n) is 2.79. The Balaban J connectivity index is 1.98. The van der Waals surface area contributed by atoms with Gasteiger partial charge in [-0.3, -0.25) is 4.79 Å². The van der Waals surface area contributed by atoms with Crippen molar-refractivity contribution in [2.24, 2.45) is 0 Å². The first-order valence-corrected chi connectivity index (χ1v) is 8.43. The lowest BCUT2D eigenvalue weighted by molar-refractivity contribution is 0.0600. The van der Waals surface area contributed by atoms with Gasteiger partial charge in [-0.2, -0.15) is 0 Å². The van der Waals surface area contributed by atoms with Gasteiger partial charge in [0.2, 0.25) is 0 Å². The number of anilines is 1. The maximum absolute atomic E-state index is 12.5. The number of aromatic nitrogens is 2. The van der Waals surface area contributed by atoms with Gasteiger partial charge in [0, 0.05) is 17.3 Å². The second-order valence-electron chi connectivity index (χ2n) is 5.42. The average molecular weight is 361 g/mol. The highest BCUT2D eigenvalue weighted by Crippen LogP contribution is 2.38. The van der Waals surface area contributed by atoms with E-state index in [1.807, 2.05) is 0 Å². The van der Waals surface area contributed by atoms with Gasteiger partial charge in [0.15, 0.2) is 11.4 Å². The molecule has 1 aliphatic carbocycles. The second kappa shape index (κ2) is 6.98. The van der Waals surface area contributed by atoms with E-state index in [0.717, 1.165) is 36.1 Å². The maximum Gasteiger partial charge on any atom is 0.356 e. The molecule has 2 aromatic heterocycles. The fourth-order valence-corrected chi connectivity index (χ4v) is 4.07. The van der Waals surface area contributed by atoms with Crippen molar-refractivity contribution in [2.45, 2.75) is 25.7 Å². The Kier molecular flexibility index (Phi) is 4.75. The SMILES string of the molecule is COC(=O)c1c(NC(=O)c2nccnc2C(=O)O)sc2c1CCCC2. The number of fused-ring (bicyclic) bond motifs is 1. The van der Waals surface area contributed by atoms with Crippen LogP contribution in [0.15, 0.2) is 12.4 Å². The minimum Gasteiger partial charge on any atom is -0.476 e. The molecule has 0 bridgehead atoms. The molecule has 0 fully saturated rings. The number of methoxy groups -OCH3 is 1. The van der Waals surface area contributed by atoms with Crippen LogP contribution in [-0.2, 0) is 17.6 Å². The Morgan fingerprint density at radius 2 is 1.84 bits per heavy atom. The molecule has 0 unspecified atom stereocenters. The molecule has 0 aliphatic heterocycles. The first-order chi connectivity index (χ1) is 12.0. The summed E-state index contributed by atoms with van der Waals surface area (Å²) in [5, 5.41) is 12.1. The van der Waals surface area contributed by atoms with Gasteiger partial charge in [-0.25, -0.2) is 19.6 Å². The number of amides is 1. The molecule has 2 N–H and O–H groups in total. The van der Waals surface area contributed by atoms with Crippen LogP contribution in [-0.4, -0.2) is 40.0 Å². The summed E-state index contributed by atoms with van der Waals surface area (Å²) in [5.74, 6) is -2.60. The minimum absolute atomic E-state index is 0.308. The van der Waals surface area contributed by atoms with Crippen LogP contribution in [0.3, 0.4) is 0 Å². The predicted octanol–water partition coefficient (Wildman–Crippen LogP) is 2.15. The van der Waals surface area contributed by atoms with E-state index in [2.05, 4.69) is 15.3 Å². The van der Waals surface area contributed by atoms with Gasteiger partial charge >= 0.3 is 11.9 Å². The first-order valence-electron chi connectivity index (χ1n) is 7.61. The third-order valence-electron chi connectivity index (χ3n) is 3.90. The Labute approximate surface area is 146 Å². The van der Waals surface area contributed by atoms with E-state index >= 15 is 0 Å². The van der Waals surface area contributed by atoms with Gasteiger partial charge in [-0.15, -0.1) is 11.3 Å². The van der Waals surface area contributed by atoms with E-state index in [1.54, 1.807) is 0 Å². The lowest BCUT2D eigenvalue weighted by Gasteiger charge is -2.11. The van der Waals surface area contributed by atoms with Gasteiger partial charge in [0.1, 0.15) is 5.00 Å². The Bertz CT molecular complexity index is 861. The molecule has 9 heteroatoms. The number of aryl methyl sites for hydroxylation is 1. The zero-order valence-electron chi connectivity index (χ0n) is 13.4. The highest BCUT2D eigenvalue weighted by atomic mass is 32.1. The van der Waals surface area contributed by atoms with Crippen LogP contribution in [0.4, 0.5) is 5.00 Å². The number of hydrogen-bond acceptors (Lipinski definition) is 7. The maximum atomic E-state index is 12.5. The first kappa shape index (κ1) is 17.0. The monoisotopic (exact) mass is 361 g/mol. The molecule has 2 heterocycles. The van der Waals surface area contributed by atoms with Crippen LogP contribution >= 0.6 is 11.3 Å². The normalized spacial score (nSPS) is 13.0. The van der Waals surface area contributed by atoms with Crippen LogP contribution in [0, 0.1) is 0 Å². The van der Waals surface area contributed by atoms with E-state index < -0.39 is 23.5 Å². The number of nitrogens with zero attached hydrogens (tertiary/aromatic N) is 2. The van der Waals surface area contributed by atoms with Gasteiger partial charge in [0.25, 0.3) is 5.91 Å². The number of rotatable bonds is 4. The Morgan fingerprint density at radius 3 is 2.52 bits per heavy atom. The number of ether oxygens (including phenoxy) is 1. The highest BCUT2D eigenvalue weighted by Gasteiger charge is 2.28. The van der Waals surface area contributed by atoms with Crippen molar-refractivity contribution in [3.05, 3.63) is 39.8 Å². The predicted molar refractivity (Wildman–Crippen MR) is 89.2 cm³/mol. The number of carboxylic acid groups (broad SMARTS) is 1. The molecule has 0 saturated heterocycles. The van der Waals surface area contributed by atoms with Crippen LogP contribution in [0.25, 0.3) is 0 Å². The molecule has 2 aromatic rings. The number of aromatic carboxylic acids is 1. The van der Waals surface area contributed by atoms with E-state index in [0.29, 0.717) is 10.6 Å². The summed E-state index contributed by atoms with van der Waals surface area (Å²) in [6.45, 7) is 0. The fraction of sp³-hybridized carbons (Fsp3) is 0.312. The molecule has 8 nitrogen and oxygen atoms in total. The molecule has 25 heavy (non-hydrogen) atoms. The summed E-state index contributed by atoms with van der Waals surface area (Å²) in [7, 11) is 1.28. The molecular formula is C16H15N3O5S. The van der Waals surface area contributed by atoms with Crippen LogP contribution in [0.5, 0.6) is 0 Å². The molecule has 1 amide bonds. The Hall–Kier alpha value is -2.81. The highest BCUT2D eigenvalue weighted by molar-refractivity contribution is 7.17. The number of carboxylic acids is 1. The van der Waals surface area contributed by atoms with E-state index in [-0.39, 0.29) is 5.69 Å². The summed E-state index contributed by atoms with van der Waals surface area (Å²) in [4.78, 5) is 44.4. The topological polar surface area (TPSA) is 118 Å². The molecule has 0 aromatic carbocycles. The van der Waals surface area contributed by atoms with E-state index in [9.17, 15) is 14.4 Å². The standard InChI is InChI=1S/C16H15N3O5S/c1-24-16(23)10-8-4-2-3-5-9(8)25-14(10)19-13(20)11-12(15(21)22)18-7-6-17-11/h6-7H,2-5H2,1H3,(H,19,20)(H,21,22). The summed E-state index contributed by atoms with van der Waals surface area (Å²) in [5.41, 5.74) is 0.491. The van der Waals surface area contributed by atoms with Crippen LogP contribution < -0.4 is 5.32 Å². The molecule has 1 aliphatic rings. The zero-order valence-corrected chi connectivity index (χ0v) is 14.2. The van der Waals surface area contributed by atoms with Crippen molar-refractivity contribution in [3.63, 3.8) is 0 Å². The van der Waals surface area contributed by atoms with Crippen molar-refractivity contribution in [3.8, 4) is 0 Å².